The average molecular weight is 450 g/mol. The van der Waals surface area contributed by atoms with Crippen LogP contribution in [0.5, 0.6) is 5.75 Å². The summed E-state index contributed by atoms with van der Waals surface area (Å²) in [7, 11) is -3.95. The third-order valence-corrected chi connectivity index (χ3v) is 7.08. The van der Waals surface area contributed by atoms with Crippen molar-refractivity contribution in [2.24, 2.45) is 5.73 Å². The van der Waals surface area contributed by atoms with Crippen LogP contribution in [0.4, 0.5) is 11.4 Å². The minimum atomic E-state index is -3.95. The van der Waals surface area contributed by atoms with Crippen molar-refractivity contribution in [3.8, 4) is 5.75 Å². The highest BCUT2D eigenvalue weighted by Crippen LogP contribution is 2.39. The number of sulfonamides is 1. The van der Waals surface area contributed by atoms with Crippen LogP contribution in [0.3, 0.4) is 0 Å². The third kappa shape index (κ3) is 4.06. The highest BCUT2D eigenvalue weighted by atomic mass is 35.5. The lowest BCUT2D eigenvalue weighted by molar-refractivity contribution is 0.100. The number of piperidine rings is 1. The van der Waals surface area contributed by atoms with Crippen molar-refractivity contribution in [1.82, 2.24) is 0 Å². The van der Waals surface area contributed by atoms with Crippen molar-refractivity contribution >= 4 is 38.9 Å². The number of hydrogen-bond acceptors (Lipinski definition) is 5. The van der Waals surface area contributed by atoms with E-state index >= 15 is 0 Å². The van der Waals surface area contributed by atoms with Crippen LogP contribution in [-0.4, -0.2) is 33.5 Å². The van der Waals surface area contributed by atoms with E-state index in [0.29, 0.717) is 17.9 Å². The summed E-state index contributed by atoms with van der Waals surface area (Å²) < 4.78 is 34.7. The molecule has 0 bridgehead atoms. The van der Waals surface area contributed by atoms with Gasteiger partial charge in [-0.1, -0.05) is 11.6 Å². The van der Waals surface area contributed by atoms with E-state index in [1.165, 1.54) is 12.1 Å². The Hall–Kier alpha value is -2.45. The number of primary amides is 1. The molecule has 0 radical (unpaired) electrons. The van der Waals surface area contributed by atoms with Crippen LogP contribution in [0.1, 0.15) is 42.1 Å². The molecule has 2 aliphatic rings. The summed E-state index contributed by atoms with van der Waals surface area (Å²) in [6.45, 7) is 3.55. The summed E-state index contributed by atoms with van der Waals surface area (Å²) in [4.78, 5) is 13.9. The topological polar surface area (TPSA) is 102 Å². The van der Waals surface area contributed by atoms with Gasteiger partial charge < -0.3 is 15.4 Å². The molecule has 0 spiro atoms. The minimum absolute atomic E-state index is 0.0537. The number of nitrogens with zero attached hydrogens (tertiary/aromatic N) is 1. The van der Waals surface area contributed by atoms with E-state index in [9.17, 15) is 13.2 Å². The van der Waals surface area contributed by atoms with Gasteiger partial charge in [-0.15, -0.1) is 0 Å². The Bertz CT molecular complexity index is 1100. The maximum absolute atomic E-state index is 13.2. The molecule has 1 saturated heterocycles. The molecule has 0 aliphatic carbocycles. The number of nitrogens with one attached hydrogen (secondary N) is 1. The third-order valence-electron chi connectivity index (χ3n) is 5.45. The number of ether oxygens (including phenoxy) is 1. The van der Waals surface area contributed by atoms with Crippen LogP contribution in [0.2, 0.25) is 5.02 Å². The molecule has 3 N–H and O–H groups in total. The number of carbonyl (C=O) groups excluding carboxylic acids is 1. The second kappa shape index (κ2) is 8.00. The molecule has 0 aromatic heterocycles. The lowest BCUT2D eigenvalue weighted by atomic mass is 10.1. The quantitative estimate of drug-likeness (QED) is 0.726. The SMILES string of the molecule is C[C@@H]1Cc2cc(S(=O)(=O)Nc3cc(C(N)=O)ccc3N3CCCCC3)cc(Cl)c2O1. The van der Waals surface area contributed by atoms with Crippen LogP contribution in [0.15, 0.2) is 35.2 Å². The van der Waals surface area contributed by atoms with E-state index in [4.69, 9.17) is 22.1 Å². The number of halogens is 1. The van der Waals surface area contributed by atoms with Gasteiger partial charge in [0.25, 0.3) is 10.0 Å². The van der Waals surface area contributed by atoms with Crippen LogP contribution < -0.4 is 20.1 Å². The summed E-state index contributed by atoms with van der Waals surface area (Å²) >= 11 is 6.28. The Morgan fingerprint density at radius 2 is 1.93 bits per heavy atom. The molecule has 2 aromatic carbocycles. The molecule has 30 heavy (non-hydrogen) atoms. The first kappa shape index (κ1) is 20.8. The van der Waals surface area contributed by atoms with Crippen molar-refractivity contribution in [1.29, 1.82) is 0 Å². The van der Waals surface area contributed by atoms with Gasteiger partial charge in [-0.25, -0.2) is 8.42 Å². The van der Waals surface area contributed by atoms with Crippen LogP contribution in [0, 0.1) is 0 Å². The molecule has 0 unspecified atom stereocenters. The number of carbonyl (C=O) groups is 1. The molecule has 7 nitrogen and oxygen atoms in total. The summed E-state index contributed by atoms with van der Waals surface area (Å²) in [6, 6.07) is 7.83. The zero-order valence-electron chi connectivity index (χ0n) is 16.7. The van der Waals surface area contributed by atoms with Gasteiger partial charge in [-0.05, 0) is 56.5 Å². The first-order valence-electron chi connectivity index (χ1n) is 9.95. The Morgan fingerprint density at radius 1 is 1.20 bits per heavy atom. The van der Waals surface area contributed by atoms with Gasteiger partial charge in [0.2, 0.25) is 5.91 Å². The number of benzene rings is 2. The number of rotatable bonds is 5. The van der Waals surface area contributed by atoms with Gasteiger partial charge >= 0.3 is 0 Å². The van der Waals surface area contributed by atoms with E-state index in [-0.39, 0.29) is 21.6 Å². The Morgan fingerprint density at radius 3 is 2.63 bits per heavy atom. The molecule has 2 aromatic rings. The van der Waals surface area contributed by atoms with Crippen LogP contribution >= 0.6 is 11.6 Å². The zero-order chi connectivity index (χ0) is 21.5. The Kier molecular flexibility index (Phi) is 5.55. The maximum Gasteiger partial charge on any atom is 0.262 e. The van der Waals surface area contributed by atoms with Gasteiger partial charge in [0, 0.05) is 30.6 Å². The highest BCUT2D eigenvalue weighted by molar-refractivity contribution is 7.92. The van der Waals surface area contributed by atoms with Crippen LogP contribution in [0.25, 0.3) is 0 Å². The standard InChI is InChI=1S/C21H24ClN3O4S/c1-13-9-15-10-16(12-17(22)20(15)29-13)30(27,28)24-18-11-14(21(23)26)5-6-19(18)25-7-3-2-4-8-25/h5-6,10-13,24H,2-4,7-9H2,1H3,(H2,23,26)/t13-/m1/s1. The Balaban J connectivity index is 1.72. The average Bonchev–Trinajstić information content (AvgIpc) is 3.09. The molecule has 160 valence electrons. The Labute approximate surface area is 181 Å². The largest absolute Gasteiger partial charge is 0.489 e. The van der Waals surface area contributed by atoms with E-state index < -0.39 is 15.9 Å². The second-order valence-electron chi connectivity index (χ2n) is 7.78. The van der Waals surface area contributed by atoms with E-state index in [0.717, 1.165) is 43.6 Å². The fourth-order valence-electron chi connectivity index (χ4n) is 4.00. The molecule has 0 saturated carbocycles. The molecule has 1 fully saturated rings. The molecule has 4 rings (SSSR count). The smallest absolute Gasteiger partial charge is 0.262 e. The van der Waals surface area contributed by atoms with Gasteiger partial charge in [0.05, 0.1) is 21.3 Å². The first-order chi connectivity index (χ1) is 14.2. The van der Waals surface area contributed by atoms with Crippen molar-refractivity contribution < 1.29 is 17.9 Å². The monoisotopic (exact) mass is 449 g/mol. The number of anilines is 2. The predicted molar refractivity (Wildman–Crippen MR) is 117 cm³/mol. The van der Waals surface area contributed by atoms with Crippen molar-refractivity contribution in [2.75, 3.05) is 22.7 Å². The number of amides is 1. The zero-order valence-corrected chi connectivity index (χ0v) is 18.2. The van der Waals surface area contributed by atoms with Gasteiger partial charge in [-0.2, -0.15) is 0 Å². The fourth-order valence-corrected chi connectivity index (χ4v) is 5.49. The van der Waals surface area contributed by atoms with E-state index in [2.05, 4.69) is 9.62 Å². The highest BCUT2D eigenvalue weighted by Gasteiger charge is 2.27. The number of fused-ring (bicyclic) bond motifs is 1. The first-order valence-corrected chi connectivity index (χ1v) is 11.8. The minimum Gasteiger partial charge on any atom is -0.489 e. The van der Waals surface area contributed by atoms with Gasteiger partial charge in [0.15, 0.2) is 0 Å². The predicted octanol–water partition coefficient (Wildman–Crippen LogP) is 3.55. The molecular weight excluding hydrogens is 426 g/mol. The number of nitrogens with two attached hydrogens (primary N) is 1. The maximum atomic E-state index is 13.2. The van der Waals surface area contributed by atoms with Crippen molar-refractivity contribution in [3.05, 3.63) is 46.5 Å². The normalized spacial score (nSPS) is 18.6. The van der Waals surface area contributed by atoms with Crippen LogP contribution in [-0.2, 0) is 16.4 Å². The number of hydrogen-bond donors (Lipinski definition) is 2. The summed E-state index contributed by atoms with van der Waals surface area (Å²) in [5.74, 6) is -0.0831. The van der Waals surface area contributed by atoms with Crippen molar-refractivity contribution in [2.45, 2.75) is 43.6 Å². The summed E-state index contributed by atoms with van der Waals surface area (Å²) in [5.41, 5.74) is 7.48. The van der Waals surface area contributed by atoms with Crippen molar-refractivity contribution in [3.63, 3.8) is 0 Å². The molecule has 1 atom stereocenters. The summed E-state index contributed by atoms with van der Waals surface area (Å²) in [6.07, 6.45) is 3.74. The lowest BCUT2D eigenvalue weighted by Gasteiger charge is -2.30. The molecule has 2 aliphatic heterocycles. The molecule has 9 heteroatoms. The molecule has 1 amide bonds. The van der Waals surface area contributed by atoms with E-state index in [1.807, 2.05) is 6.92 Å². The van der Waals surface area contributed by atoms with Gasteiger partial charge in [-0.3, -0.25) is 9.52 Å². The molecule has 2 heterocycles. The fraction of sp³-hybridized carbons (Fsp3) is 0.381. The van der Waals surface area contributed by atoms with Gasteiger partial charge in [0.1, 0.15) is 11.9 Å². The van der Waals surface area contributed by atoms with E-state index in [1.54, 1.807) is 18.2 Å². The lowest BCUT2D eigenvalue weighted by Crippen LogP contribution is -2.30. The summed E-state index contributed by atoms with van der Waals surface area (Å²) in [5, 5.41) is 0.263. The second-order valence-corrected chi connectivity index (χ2v) is 9.86. The molecular formula is C21H24ClN3O4S.